The third kappa shape index (κ3) is 7.77. The van der Waals surface area contributed by atoms with Crippen molar-refractivity contribution in [2.75, 3.05) is 19.6 Å². The molecule has 1 unspecified atom stereocenters. The van der Waals surface area contributed by atoms with Crippen LogP contribution in [0.2, 0.25) is 5.02 Å². The average Bonchev–Trinajstić information content (AvgIpc) is 2.60. The predicted molar refractivity (Wildman–Crippen MR) is 116 cm³/mol. The number of piperidine rings is 1. The van der Waals surface area contributed by atoms with Crippen molar-refractivity contribution in [3.05, 3.63) is 52.2 Å². The molecular formula is C22H34ClN3O. The molecule has 1 heterocycles. The van der Waals surface area contributed by atoms with Gasteiger partial charge >= 0.3 is 0 Å². The van der Waals surface area contributed by atoms with Crippen LogP contribution in [0.25, 0.3) is 5.70 Å². The van der Waals surface area contributed by atoms with Crippen LogP contribution in [0.5, 0.6) is 0 Å². The normalized spacial score (nSPS) is 19.4. The number of carbonyl (C=O) groups excluding carboxylic acids is 1. The molecule has 2 rings (SSSR count). The minimum Gasteiger partial charge on any atom is -0.401 e. The van der Waals surface area contributed by atoms with Crippen molar-refractivity contribution in [3.63, 3.8) is 0 Å². The molecule has 1 aromatic carbocycles. The third-order valence-electron chi connectivity index (χ3n) is 4.99. The number of rotatable bonds is 4. The maximum atomic E-state index is 8.00. The van der Waals surface area contributed by atoms with E-state index < -0.39 is 0 Å². The predicted octanol–water partition coefficient (Wildman–Crippen LogP) is 4.36. The van der Waals surface area contributed by atoms with E-state index in [4.69, 9.17) is 27.9 Å². The fraction of sp³-hybridized carbons (Fsp3) is 0.500. The summed E-state index contributed by atoms with van der Waals surface area (Å²) in [7, 11) is 0. The van der Waals surface area contributed by atoms with Gasteiger partial charge in [0.2, 0.25) is 0 Å². The number of benzene rings is 1. The lowest BCUT2D eigenvalue weighted by atomic mass is 9.76. The van der Waals surface area contributed by atoms with Gasteiger partial charge in [-0.15, -0.1) is 0 Å². The molecule has 0 bridgehead atoms. The summed E-state index contributed by atoms with van der Waals surface area (Å²) in [5.41, 5.74) is 16.3. The summed E-state index contributed by atoms with van der Waals surface area (Å²) in [5, 5.41) is 0.699. The fourth-order valence-electron chi connectivity index (χ4n) is 3.41. The van der Waals surface area contributed by atoms with Crippen LogP contribution in [0.3, 0.4) is 0 Å². The number of carbonyl (C=O) groups is 1. The Labute approximate surface area is 169 Å². The van der Waals surface area contributed by atoms with Crippen molar-refractivity contribution < 1.29 is 4.79 Å². The standard InChI is InChI=1S/C21H32ClN3.CH2O/c1-15-10-16(12-18(22)11-15)20(24)8-7-19(23)14-25-9-5-6-17(13-25)21(2,3)4;1-2/h7-8,10-12,17H,5-6,9,13-14,23-24H2,1-4H3;1H2/b19-7-,20-8-;. The monoisotopic (exact) mass is 391 g/mol. The molecule has 0 aliphatic carbocycles. The molecule has 1 aromatic rings. The van der Waals surface area contributed by atoms with Crippen LogP contribution in [0.1, 0.15) is 44.7 Å². The lowest BCUT2D eigenvalue weighted by Gasteiger charge is -2.39. The highest BCUT2D eigenvalue weighted by Crippen LogP contribution is 2.33. The van der Waals surface area contributed by atoms with E-state index in [-0.39, 0.29) is 0 Å². The maximum Gasteiger partial charge on any atom is 0.106 e. The Kier molecular flexibility index (Phi) is 9.07. The highest BCUT2D eigenvalue weighted by Gasteiger charge is 2.29. The zero-order valence-corrected chi connectivity index (χ0v) is 17.9. The first-order valence-electron chi connectivity index (χ1n) is 9.36. The molecule has 1 aliphatic rings. The number of allylic oxidation sites excluding steroid dienone is 2. The SMILES string of the molecule is C=O.Cc1cc(Cl)cc(/C(N)=C/C=C(\N)CN2CCCC(C(C)(C)C)C2)c1. The van der Waals surface area contributed by atoms with Gasteiger partial charge in [-0.2, -0.15) is 0 Å². The number of nitrogens with zero attached hydrogens (tertiary/aromatic N) is 1. The van der Waals surface area contributed by atoms with Gasteiger partial charge < -0.3 is 16.3 Å². The number of likely N-dealkylation sites (tertiary alicyclic amines) is 1. The molecular weight excluding hydrogens is 358 g/mol. The minimum atomic E-state index is 0.353. The second-order valence-corrected chi connectivity index (χ2v) is 8.76. The zero-order chi connectivity index (χ0) is 20.6. The van der Waals surface area contributed by atoms with Crippen LogP contribution < -0.4 is 11.5 Å². The van der Waals surface area contributed by atoms with Crippen LogP contribution in [0.15, 0.2) is 36.0 Å². The lowest BCUT2D eigenvalue weighted by Crippen LogP contribution is -2.42. The summed E-state index contributed by atoms with van der Waals surface area (Å²) >= 11 is 6.11. The van der Waals surface area contributed by atoms with Gasteiger partial charge in [0.05, 0.1) is 0 Å². The highest BCUT2D eigenvalue weighted by molar-refractivity contribution is 6.30. The summed E-state index contributed by atoms with van der Waals surface area (Å²) in [6, 6.07) is 5.83. The first-order valence-corrected chi connectivity index (χ1v) is 9.73. The van der Waals surface area contributed by atoms with E-state index in [1.54, 1.807) is 0 Å². The van der Waals surface area contributed by atoms with Crippen molar-refractivity contribution in [3.8, 4) is 0 Å². The van der Waals surface area contributed by atoms with Gasteiger partial charge in [-0.25, -0.2) is 0 Å². The van der Waals surface area contributed by atoms with E-state index >= 15 is 0 Å². The zero-order valence-electron chi connectivity index (χ0n) is 17.1. The fourth-order valence-corrected chi connectivity index (χ4v) is 3.70. The number of halogens is 1. The van der Waals surface area contributed by atoms with Crippen LogP contribution in [-0.2, 0) is 4.79 Å². The quantitative estimate of drug-likeness (QED) is 0.747. The van der Waals surface area contributed by atoms with Crippen LogP contribution in [0, 0.1) is 18.3 Å². The Balaban J connectivity index is 0.00000176. The van der Waals surface area contributed by atoms with Gasteiger partial charge in [0.15, 0.2) is 0 Å². The van der Waals surface area contributed by atoms with Gasteiger partial charge in [-0.05, 0) is 79.1 Å². The Morgan fingerprint density at radius 2 is 1.93 bits per heavy atom. The Morgan fingerprint density at radius 1 is 1.26 bits per heavy atom. The van der Waals surface area contributed by atoms with E-state index in [0.29, 0.717) is 16.1 Å². The average molecular weight is 392 g/mol. The molecule has 0 aromatic heterocycles. The smallest absolute Gasteiger partial charge is 0.106 e. The molecule has 0 radical (unpaired) electrons. The van der Waals surface area contributed by atoms with E-state index in [9.17, 15) is 0 Å². The molecule has 0 amide bonds. The van der Waals surface area contributed by atoms with Gasteiger partial charge in [0, 0.05) is 29.5 Å². The van der Waals surface area contributed by atoms with Crippen LogP contribution in [0.4, 0.5) is 0 Å². The van der Waals surface area contributed by atoms with Crippen molar-refractivity contribution in [2.24, 2.45) is 22.8 Å². The Morgan fingerprint density at radius 3 is 2.52 bits per heavy atom. The van der Waals surface area contributed by atoms with Crippen LogP contribution in [-0.4, -0.2) is 31.3 Å². The highest BCUT2D eigenvalue weighted by atomic mass is 35.5. The summed E-state index contributed by atoms with van der Waals surface area (Å²) in [4.78, 5) is 10.5. The minimum absolute atomic E-state index is 0.353. The second kappa shape index (κ2) is 10.5. The van der Waals surface area contributed by atoms with Crippen molar-refractivity contribution >= 4 is 24.1 Å². The summed E-state index contributed by atoms with van der Waals surface area (Å²) in [5.74, 6) is 0.726. The molecule has 4 N–H and O–H groups in total. The van der Waals surface area contributed by atoms with Crippen molar-refractivity contribution in [1.82, 2.24) is 4.90 Å². The number of aryl methyl sites for hydroxylation is 1. The van der Waals surface area contributed by atoms with Gasteiger partial charge in [0.25, 0.3) is 0 Å². The van der Waals surface area contributed by atoms with Gasteiger partial charge in [-0.1, -0.05) is 32.4 Å². The second-order valence-electron chi connectivity index (χ2n) is 8.32. The van der Waals surface area contributed by atoms with E-state index in [1.807, 2.05) is 44.1 Å². The molecule has 5 heteroatoms. The Bertz CT molecular complexity index is 656. The maximum absolute atomic E-state index is 8.00. The van der Waals surface area contributed by atoms with Gasteiger partial charge in [0.1, 0.15) is 6.79 Å². The molecule has 1 aliphatic heterocycles. The first kappa shape index (κ1) is 23.3. The molecule has 0 saturated carbocycles. The lowest BCUT2D eigenvalue weighted by molar-refractivity contribution is -0.0979. The van der Waals surface area contributed by atoms with E-state index in [2.05, 4.69) is 25.7 Å². The topological polar surface area (TPSA) is 72.3 Å². The summed E-state index contributed by atoms with van der Waals surface area (Å²) < 4.78 is 0. The number of hydrogen-bond donors (Lipinski definition) is 2. The van der Waals surface area contributed by atoms with Crippen molar-refractivity contribution in [2.45, 2.75) is 40.5 Å². The molecule has 27 heavy (non-hydrogen) atoms. The van der Waals surface area contributed by atoms with Crippen LogP contribution >= 0.6 is 11.6 Å². The summed E-state index contributed by atoms with van der Waals surface area (Å²) in [6.07, 6.45) is 6.36. The molecule has 1 fully saturated rings. The summed E-state index contributed by atoms with van der Waals surface area (Å²) in [6.45, 7) is 14.0. The number of nitrogens with two attached hydrogens (primary N) is 2. The van der Waals surface area contributed by atoms with Gasteiger partial charge in [-0.3, -0.25) is 4.90 Å². The molecule has 150 valence electrons. The molecule has 4 nitrogen and oxygen atoms in total. The number of hydrogen-bond acceptors (Lipinski definition) is 4. The van der Waals surface area contributed by atoms with Crippen molar-refractivity contribution in [1.29, 1.82) is 0 Å². The van der Waals surface area contributed by atoms with E-state index in [1.165, 1.54) is 12.8 Å². The molecule has 0 spiro atoms. The largest absolute Gasteiger partial charge is 0.401 e. The Hall–Kier alpha value is -1.78. The first-order chi connectivity index (χ1) is 12.6. The molecule has 1 saturated heterocycles. The van der Waals surface area contributed by atoms with E-state index in [0.717, 1.165) is 42.4 Å². The third-order valence-corrected chi connectivity index (χ3v) is 5.21. The molecule has 1 atom stereocenters.